The molecule has 2 aromatic heterocycles. The minimum Gasteiger partial charge on any atom is -0.482 e. The van der Waals surface area contributed by atoms with E-state index in [1.807, 2.05) is 17.8 Å². The fraction of sp³-hybridized carbons (Fsp3) is 0.583. The van der Waals surface area contributed by atoms with Gasteiger partial charge in [0.05, 0.1) is 12.4 Å². The lowest BCUT2D eigenvalue weighted by Gasteiger charge is -2.14. The van der Waals surface area contributed by atoms with Crippen LogP contribution in [0.3, 0.4) is 0 Å². The summed E-state index contributed by atoms with van der Waals surface area (Å²) in [7, 11) is 0. The fourth-order valence-electron chi connectivity index (χ4n) is 2.22. The van der Waals surface area contributed by atoms with Crippen LogP contribution in [-0.4, -0.2) is 24.5 Å². The Labute approximate surface area is 106 Å². The molecule has 1 aliphatic heterocycles. The zero-order valence-electron chi connectivity index (χ0n) is 10.5. The van der Waals surface area contributed by atoms with Crippen molar-refractivity contribution in [3.8, 4) is 5.75 Å². The van der Waals surface area contributed by atoms with Crippen molar-refractivity contribution in [3.05, 3.63) is 24.0 Å². The Morgan fingerprint density at radius 3 is 3.11 bits per heavy atom. The molecule has 0 atom stereocenters. The molecular formula is C12H17N5O. The first-order valence-corrected chi connectivity index (χ1v) is 6.43. The van der Waals surface area contributed by atoms with Crippen LogP contribution in [0.2, 0.25) is 0 Å². The highest BCUT2D eigenvalue weighted by atomic mass is 16.5. The van der Waals surface area contributed by atoms with E-state index in [0.29, 0.717) is 6.61 Å². The molecule has 0 bridgehead atoms. The van der Waals surface area contributed by atoms with Crippen molar-refractivity contribution in [2.45, 2.75) is 45.9 Å². The van der Waals surface area contributed by atoms with Crippen molar-refractivity contribution < 1.29 is 4.74 Å². The van der Waals surface area contributed by atoms with E-state index in [1.54, 1.807) is 6.20 Å². The molecule has 0 radical (unpaired) electrons. The Hall–Kier alpha value is -1.85. The van der Waals surface area contributed by atoms with Gasteiger partial charge in [0, 0.05) is 19.5 Å². The summed E-state index contributed by atoms with van der Waals surface area (Å²) < 4.78 is 9.71. The van der Waals surface area contributed by atoms with Crippen LogP contribution in [0.4, 0.5) is 0 Å². The molecule has 0 unspecified atom stereocenters. The van der Waals surface area contributed by atoms with Gasteiger partial charge < -0.3 is 9.30 Å². The van der Waals surface area contributed by atoms with E-state index in [2.05, 4.69) is 19.9 Å². The van der Waals surface area contributed by atoms with Gasteiger partial charge in [0.25, 0.3) is 0 Å². The summed E-state index contributed by atoms with van der Waals surface area (Å²) >= 11 is 0. The maximum Gasteiger partial charge on any atom is 0.171 e. The number of hydrogen-bond donors (Lipinski definition) is 0. The molecule has 0 spiro atoms. The van der Waals surface area contributed by atoms with E-state index in [0.717, 1.165) is 36.9 Å². The molecule has 0 aromatic carbocycles. The summed E-state index contributed by atoms with van der Waals surface area (Å²) in [5.74, 6) is 2.78. The van der Waals surface area contributed by atoms with Crippen molar-refractivity contribution in [2.24, 2.45) is 0 Å². The smallest absolute Gasteiger partial charge is 0.171 e. The number of aryl methyl sites for hydroxylation is 2. The molecule has 0 fully saturated rings. The molecule has 18 heavy (non-hydrogen) atoms. The summed E-state index contributed by atoms with van der Waals surface area (Å²) in [5.41, 5.74) is 0. The predicted octanol–water partition coefficient (Wildman–Crippen LogP) is 1.41. The van der Waals surface area contributed by atoms with E-state index >= 15 is 0 Å². The van der Waals surface area contributed by atoms with E-state index in [9.17, 15) is 0 Å². The second-order valence-electron chi connectivity index (χ2n) is 4.46. The van der Waals surface area contributed by atoms with Crippen molar-refractivity contribution in [2.75, 3.05) is 0 Å². The van der Waals surface area contributed by atoms with Crippen molar-refractivity contribution >= 4 is 0 Å². The third-order valence-corrected chi connectivity index (χ3v) is 3.24. The van der Waals surface area contributed by atoms with Gasteiger partial charge in [-0.2, -0.15) is 5.10 Å². The number of hydrogen-bond acceptors (Lipinski definition) is 4. The Kier molecular flexibility index (Phi) is 3.00. The Balaban J connectivity index is 1.67. The SMILES string of the molecule is CCn1cc(OCc2nnc3n2CCCC3)cn1. The second-order valence-corrected chi connectivity index (χ2v) is 4.46. The van der Waals surface area contributed by atoms with E-state index in [1.165, 1.54) is 12.8 Å². The molecule has 3 heterocycles. The van der Waals surface area contributed by atoms with Gasteiger partial charge in [0.1, 0.15) is 12.4 Å². The zero-order chi connectivity index (χ0) is 12.4. The third-order valence-electron chi connectivity index (χ3n) is 3.24. The summed E-state index contributed by atoms with van der Waals surface area (Å²) in [4.78, 5) is 0. The molecule has 6 nitrogen and oxygen atoms in total. The van der Waals surface area contributed by atoms with Gasteiger partial charge in [-0.05, 0) is 19.8 Å². The van der Waals surface area contributed by atoms with Gasteiger partial charge in [-0.15, -0.1) is 10.2 Å². The highest BCUT2D eigenvalue weighted by Gasteiger charge is 2.15. The van der Waals surface area contributed by atoms with Crippen LogP contribution in [0.1, 0.15) is 31.4 Å². The molecule has 96 valence electrons. The Morgan fingerprint density at radius 2 is 2.28 bits per heavy atom. The van der Waals surface area contributed by atoms with Crippen molar-refractivity contribution in [3.63, 3.8) is 0 Å². The molecule has 1 aliphatic rings. The van der Waals surface area contributed by atoms with Crippen molar-refractivity contribution in [1.29, 1.82) is 0 Å². The summed E-state index contributed by atoms with van der Waals surface area (Å²) in [6, 6.07) is 0. The van der Waals surface area contributed by atoms with Crippen LogP contribution in [0.25, 0.3) is 0 Å². The zero-order valence-corrected chi connectivity index (χ0v) is 10.5. The predicted molar refractivity (Wildman–Crippen MR) is 65.2 cm³/mol. The van der Waals surface area contributed by atoms with Gasteiger partial charge in [0.15, 0.2) is 11.6 Å². The molecule has 6 heteroatoms. The third kappa shape index (κ3) is 2.10. The standard InChI is InChI=1S/C12H17N5O/c1-2-16-8-10(7-13-16)18-9-12-15-14-11-5-3-4-6-17(11)12/h7-8H,2-6,9H2,1H3. The monoisotopic (exact) mass is 247 g/mol. The van der Waals surface area contributed by atoms with Crippen LogP contribution < -0.4 is 4.74 Å². The summed E-state index contributed by atoms with van der Waals surface area (Å²) in [5, 5.41) is 12.6. The summed E-state index contributed by atoms with van der Waals surface area (Å²) in [6.45, 7) is 4.37. The van der Waals surface area contributed by atoms with Gasteiger partial charge in [-0.3, -0.25) is 4.68 Å². The molecule has 0 N–H and O–H groups in total. The lowest BCUT2D eigenvalue weighted by Crippen LogP contribution is -2.14. The maximum absolute atomic E-state index is 5.69. The van der Waals surface area contributed by atoms with Gasteiger partial charge in [-0.1, -0.05) is 0 Å². The van der Waals surface area contributed by atoms with Crippen LogP contribution in [0.5, 0.6) is 5.75 Å². The average Bonchev–Trinajstić information content (AvgIpc) is 3.03. The van der Waals surface area contributed by atoms with Gasteiger partial charge in [-0.25, -0.2) is 0 Å². The molecule has 0 saturated carbocycles. The second kappa shape index (κ2) is 4.80. The normalized spacial score (nSPS) is 14.5. The number of rotatable bonds is 4. The molecule has 0 amide bonds. The minimum absolute atomic E-state index is 0.461. The quantitative estimate of drug-likeness (QED) is 0.819. The minimum atomic E-state index is 0.461. The van der Waals surface area contributed by atoms with Crippen molar-refractivity contribution in [1.82, 2.24) is 24.5 Å². The lowest BCUT2D eigenvalue weighted by molar-refractivity contribution is 0.286. The topological polar surface area (TPSA) is 57.8 Å². The highest BCUT2D eigenvalue weighted by Crippen LogP contribution is 2.16. The van der Waals surface area contributed by atoms with Crippen LogP contribution in [0, 0.1) is 0 Å². The molecular weight excluding hydrogens is 230 g/mol. The number of aromatic nitrogens is 5. The molecule has 2 aromatic rings. The fourth-order valence-corrected chi connectivity index (χ4v) is 2.22. The van der Waals surface area contributed by atoms with Gasteiger partial charge in [0.2, 0.25) is 0 Å². The number of fused-ring (bicyclic) bond motifs is 1. The first kappa shape index (κ1) is 11.3. The maximum atomic E-state index is 5.69. The van der Waals surface area contributed by atoms with Crippen LogP contribution in [0.15, 0.2) is 12.4 Å². The van der Waals surface area contributed by atoms with Crippen LogP contribution >= 0.6 is 0 Å². The van der Waals surface area contributed by atoms with E-state index in [4.69, 9.17) is 4.74 Å². The number of nitrogens with zero attached hydrogens (tertiary/aromatic N) is 5. The largest absolute Gasteiger partial charge is 0.482 e. The highest BCUT2D eigenvalue weighted by molar-refractivity contribution is 5.12. The van der Waals surface area contributed by atoms with Crippen LogP contribution in [-0.2, 0) is 26.1 Å². The average molecular weight is 247 g/mol. The molecule has 0 aliphatic carbocycles. The first-order chi connectivity index (χ1) is 8.86. The molecule has 0 saturated heterocycles. The number of ether oxygens (including phenoxy) is 1. The lowest BCUT2D eigenvalue weighted by atomic mass is 10.2. The van der Waals surface area contributed by atoms with E-state index < -0.39 is 0 Å². The van der Waals surface area contributed by atoms with E-state index in [-0.39, 0.29) is 0 Å². The molecule has 3 rings (SSSR count). The summed E-state index contributed by atoms with van der Waals surface area (Å²) in [6.07, 6.45) is 7.07. The Bertz CT molecular complexity index is 530. The Morgan fingerprint density at radius 1 is 1.33 bits per heavy atom. The first-order valence-electron chi connectivity index (χ1n) is 6.43. The van der Waals surface area contributed by atoms with Gasteiger partial charge >= 0.3 is 0 Å².